The van der Waals surface area contributed by atoms with Gasteiger partial charge in [-0.15, -0.1) is 0 Å². The standard InChI is InChI=1S/C28H30N2O5/c1-5-33-24-15-20(18-31)14-22-23(21-8-6-19(17-29)7-9-21)16-28(34-25(22)24)10-12-30(13-11-28)26(32)35-27(2,3)4/h6-9,14-16,18H,5,10-13H2,1-4H3. The first-order chi connectivity index (χ1) is 16.7. The molecule has 2 aromatic carbocycles. The second-order valence-electron chi connectivity index (χ2n) is 9.83. The Hall–Kier alpha value is -3.79. The van der Waals surface area contributed by atoms with Crippen molar-refractivity contribution in [3.63, 3.8) is 0 Å². The van der Waals surface area contributed by atoms with Gasteiger partial charge in [0.2, 0.25) is 0 Å². The van der Waals surface area contributed by atoms with E-state index >= 15 is 0 Å². The minimum atomic E-state index is -0.650. The predicted octanol–water partition coefficient (Wildman–Crippen LogP) is 5.36. The number of fused-ring (bicyclic) bond motifs is 1. The van der Waals surface area contributed by atoms with E-state index in [4.69, 9.17) is 14.2 Å². The molecular formula is C28H30N2O5. The first kappa shape index (κ1) is 24.3. The number of piperidine rings is 1. The van der Waals surface area contributed by atoms with Crippen molar-refractivity contribution >= 4 is 18.0 Å². The number of carbonyl (C=O) groups is 2. The van der Waals surface area contributed by atoms with Crippen LogP contribution in [0.25, 0.3) is 5.57 Å². The predicted molar refractivity (Wildman–Crippen MR) is 132 cm³/mol. The zero-order valence-corrected chi connectivity index (χ0v) is 20.6. The summed E-state index contributed by atoms with van der Waals surface area (Å²) in [4.78, 5) is 26.0. The summed E-state index contributed by atoms with van der Waals surface area (Å²) in [6.45, 7) is 8.84. The average molecular weight is 475 g/mol. The molecule has 2 aliphatic rings. The topological polar surface area (TPSA) is 88.9 Å². The number of hydrogen-bond acceptors (Lipinski definition) is 6. The monoisotopic (exact) mass is 474 g/mol. The smallest absolute Gasteiger partial charge is 0.410 e. The lowest BCUT2D eigenvalue weighted by molar-refractivity contribution is -0.00189. The van der Waals surface area contributed by atoms with Gasteiger partial charge in [-0.2, -0.15) is 5.26 Å². The van der Waals surface area contributed by atoms with Crippen LogP contribution < -0.4 is 9.47 Å². The van der Waals surface area contributed by atoms with Crippen molar-refractivity contribution in [2.75, 3.05) is 19.7 Å². The summed E-state index contributed by atoms with van der Waals surface area (Å²) >= 11 is 0. The van der Waals surface area contributed by atoms with Crippen LogP contribution in [0.2, 0.25) is 0 Å². The second kappa shape index (κ2) is 9.46. The maximum Gasteiger partial charge on any atom is 0.410 e. The molecule has 4 rings (SSSR count). The quantitative estimate of drug-likeness (QED) is 0.554. The van der Waals surface area contributed by atoms with Crippen LogP contribution in [-0.2, 0) is 4.74 Å². The van der Waals surface area contributed by atoms with Crippen LogP contribution in [0, 0.1) is 11.3 Å². The SMILES string of the molecule is CCOc1cc(C=O)cc2c1OC1(C=C2c2ccc(C#N)cc2)CCN(C(=O)OC(C)(C)C)CC1. The van der Waals surface area contributed by atoms with Crippen molar-refractivity contribution in [3.05, 3.63) is 64.7 Å². The highest BCUT2D eigenvalue weighted by atomic mass is 16.6. The van der Waals surface area contributed by atoms with Crippen molar-refractivity contribution in [3.8, 4) is 17.6 Å². The van der Waals surface area contributed by atoms with Gasteiger partial charge in [0.25, 0.3) is 0 Å². The van der Waals surface area contributed by atoms with Crippen LogP contribution in [0.1, 0.15) is 67.6 Å². The molecule has 1 fully saturated rings. The van der Waals surface area contributed by atoms with Crippen LogP contribution in [0.4, 0.5) is 4.79 Å². The van der Waals surface area contributed by atoms with Gasteiger partial charge in [0, 0.05) is 37.1 Å². The van der Waals surface area contributed by atoms with E-state index in [1.54, 1.807) is 29.2 Å². The van der Waals surface area contributed by atoms with Crippen molar-refractivity contribution in [2.45, 2.75) is 51.7 Å². The van der Waals surface area contributed by atoms with Gasteiger partial charge in [0.1, 0.15) is 17.5 Å². The zero-order valence-electron chi connectivity index (χ0n) is 20.6. The van der Waals surface area contributed by atoms with E-state index < -0.39 is 11.2 Å². The Morgan fingerprint density at radius 2 is 1.89 bits per heavy atom. The number of nitriles is 1. The van der Waals surface area contributed by atoms with Crippen molar-refractivity contribution in [1.29, 1.82) is 5.26 Å². The molecule has 7 heteroatoms. The summed E-state index contributed by atoms with van der Waals surface area (Å²) in [6, 6.07) is 13.0. The number of aldehydes is 1. The van der Waals surface area contributed by atoms with Crippen molar-refractivity contribution in [2.24, 2.45) is 0 Å². The summed E-state index contributed by atoms with van der Waals surface area (Å²) in [6.07, 6.45) is 3.71. The fraction of sp³-hybridized carbons (Fsp3) is 0.393. The molecule has 7 nitrogen and oxygen atoms in total. The molecule has 0 atom stereocenters. The van der Waals surface area contributed by atoms with E-state index in [0.29, 0.717) is 55.2 Å². The molecule has 0 bridgehead atoms. The Morgan fingerprint density at radius 3 is 2.46 bits per heavy atom. The Labute approximate surface area is 205 Å². The fourth-order valence-electron chi connectivity index (χ4n) is 4.44. The van der Waals surface area contributed by atoms with Crippen LogP contribution >= 0.6 is 0 Å². The van der Waals surface area contributed by atoms with Gasteiger partial charge in [0.15, 0.2) is 11.5 Å². The molecule has 1 spiro atoms. The summed E-state index contributed by atoms with van der Waals surface area (Å²) in [7, 11) is 0. The zero-order chi connectivity index (χ0) is 25.2. The summed E-state index contributed by atoms with van der Waals surface area (Å²) in [5, 5.41) is 9.22. The third-order valence-electron chi connectivity index (χ3n) is 6.10. The Morgan fingerprint density at radius 1 is 1.20 bits per heavy atom. The highest BCUT2D eigenvalue weighted by Crippen LogP contribution is 2.48. The van der Waals surface area contributed by atoms with Crippen LogP contribution in [-0.4, -0.2) is 48.2 Å². The fourth-order valence-corrected chi connectivity index (χ4v) is 4.44. The number of rotatable bonds is 4. The highest BCUT2D eigenvalue weighted by Gasteiger charge is 2.42. The lowest BCUT2D eigenvalue weighted by Crippen LogP contribution is -2.50. The molecule has 1 amide bonds. The molecule has 182 valence electrons. The molecule has 2 aliphatic heterocycles. The Balaban J connectivity index is 1.74. The maximum absolute atomic E-state index is 12.6. The first-order valence-corrected chi connectivity index (χ1v) is 11.8. The van der Waals surface area contributed by atoms with E-state index in [-0.39, 0.29) is 6.09 Å². The average Bonchev–Trinajstić information content (AvgIpc) is 2.83. The van der Waals surface area contributed by atoms with Crippen LogP contribution in [0.3, 0.4) is 0 Å². The van der Waals surface area contributed by atoms with E-state index in [1.165, 1.54) is 0 Å². The van der Waals surface area contributed by atoms with E-state index in [0.717, 1.165) is 23.0 Å². The van der Waals surface area contributed by atoms with E-state index in [9.17, 15) is 14.9 Å². The molecule has 35 heavy (non-hydrogen) atoms. The second-order valence-corrected chi connectivity index (χ2v) is 9.83. The normalized spacial score (nSPS) is 16.4. The summed E-state index contributed by atoms with van der Waals surface area (Å²) in [5.74, 6) is 1.10. The molecule has 0 saturated carbocycles. The molecule has 1 saturated heterocycles. The molecule has 0 radical (unpaired) electrons. The number of carbonyl (C=O) groups excluding carboxylic acids is 2. The van der Waals surface area contributed by atoms with Crippen LogP contribution in [0.5, 0.6) is 11.5 Å². The third-order valence-corrected chi connectivity index (χ3v) is 6.10. The van der Waals surface area contributed by atoms with Gasteiger partial charge in [-0.1, -0.05) is 12.1 Å². The van der Waals surface area contributed by atoms with Gasteiger partial charge in [-0.25, -0.2) is 4.79 Å². The largest absolute Gasteiger partial charge is 0.490 e. The van der Waals surface area contributed by atoms with Crippen molar-refractivity contribution < 1.29 is 23.8 Å². The van der Waals surface area contributed by atoms with Gasteiger partial charge in [-0.3, -0.25) is 4.79 Å². The number of likely N-dealkylation sites (tertiary alicyclic amines) is 1. The molecule has 2 aromatic rings. The lowest BCUT2D eigenvalue weighted by atomic mass is 9.82. The van der Waals surface area contributed by atoms with Crippen LogP contribution in [0.15, 0.2) is 42.5 Å². The molecule has 0 N–H and O–H groups in total. The Kier molecular flexibility index (Phi) is 6.58. The molecule has 0 aromatic heterocycles. The lowest BCUT2D eigenvalue weighted by Gasteiger charge is -2.43. The van der Waals surface area contributed by atoms with Gasteiger partial charge >= 0.3 is 6.09 Å². The molecule has 2 heterocycles. The molecule has 0 aliphatic carbocycles. The van der Waals surface area contributed by atoms with Gasteiger partial charge in [-0.05, 0) is 69.2 Å². The highest BCUT2D eigenvalue weighted by molar-refractivity contribution is 5.90. The number of hydrogen-bond donors (Lipinski definition) is 0. The third kappa shape index (κ3) is 5.17. The van der Waals surface area contributed by atoms with E-state index in [1.807, 2.05) is 39.8 Å². The maximum atomic E-state index is 12.6. The summed E-state index contributed by atoms with van der Waals surface area (Å²) < 4.78 is 18.0. The first-order valence-electron chi connectivity index (χ1n) is 11.8. The number of benzene rings is 2. The Bertz CT molecular complexity index is 1190. The number of nitrogens with zero attached hydrogens (tertiary/aromatic N) is 2. The minimum absolute atomic E-state index is 0.328. The molecular weight excluding hydrogens is 444 g/mol. The minimum Gasteiger partial charge on any atom is -0.490 e. The summed E-state index contributed by atoms with van der Waals surface area (Å²) in [5.41, 5.74) is 2.44. The van der Waals surface area contributed by atoms with Gasteiger partial charge < -0.3 is 19.1 Å². The molecule has 0 unspecified atom stereocenters. The number of amides is 1. The van der Waals surface area contributed by atoms with E-state index in [2.05, 4.69) is 12.1 Å². The van der Waals surface area contributed by atoms with Gasteiger partial charge in [0.05, 0.1) is 18.2 Å². The number of ether oxygens (including phenoxy) is 3. The van der Waals surface area contributed by atoms with Crippen molar-refractivity contribution in [1.82, 2.24) is 4.90 Å².